The fraction of sp³-hybridized carbons (Fsp3) is 0. The molecule has 0 aliphatic heterocycles. The molecular formula is C12H11N5O8S2. The van der Waals surface area contributed by atoms with Gasteiger partial charge in [-0.25, -0.2) is 16.8 Å². The third-order valence-electron chi connectivity index (χ3n) is 2.25. The average Bonchev–Trinajstić information content (AvgIpc) is 2.53. The van der Waals surface area contributed by atoms with E-state index in [0.29, 0.717) is 11.4 Å². The second kappa shape index (κ2) is 10.7. The van der Waals surface area contributed by atoms with Gasteiger partial charge >= 0.3 is 11.4 Å². The molecule has 0 atom stereocenters. The number of rotatable bonds is 2. The molecule has 0 heterocycles. The Labute approximate surface area is 153 Å². The van der Waals surface area contributed by atoms with Crippen LogP contribution in [0.1, 0.15) is 0 Å². The van der Waals surface area contributed by atoms with E-state index in [1.807, 2.05) is 0 Å². The predicted molar refractivity (Wildman–Crippen MR) is 90.3 cm³/mol. The molecule has 0 aliphatic rings. The van der Waals surface area contributed by atoms with Crippen molar-refractivity contribution in [2.45, 2.75) is 0 Å². The van der Waals surface area contributed by atoms with Gasteiger partial charge in [0.1, 0.15) is 0 Å². The van der Waals surface area contributed by atoms with Gasteiger partial charge in [-0.2, -0.15) is 0 Å². The third-order valence-corrected chi connectivity index (χ3v) is 2.25. The van der Waals surface area contributed by atoms with Crippen LogP contribution in [0.4, 0.5) is 22.7 Å². The van der Waals surface area contributed by atoms with E-state index in [1.165, 1.54) is 0 Å². The first-order valence-electron chi connectivity index (χ1n) is 6.36. The van der Waals surface area contributed by atoms with Crippen LogP contribution in [0.15, 0.2) is 48.5 Å². The van der Waals surface area contributed by atoms with Gasteiger partial charge in [-0.05, 0) is 24.3 Å². The first-order valence-corrected chi connectivity index (χ1v) is 9.09. The topological polar surface area (TPSA) is 223 Å². The van der Waals surface area contributed by atoms with Gasteiger partial charge < -0.3 is 14.4 Å². The molecule has 0 spiro atoms. The molecule has 3 N–H and O–H groups in total. The van der Waals surface area contributed by atoms with Crippen LogP contribution in [-0.2, 0) is 20.8 Å². The van der Waals surface area contributed by atoms with Crippen molar-refractivity contribution in [3.63, 3.8) is 0 Å². The summed E-state index contributed by atoms with van der Waals surface area (Å²) in [5.41, 5.74) is 2.77. The molecule has 2 aromatic carbocycles. The number of benzene rings is 2. The van der Waals surface area contributed by atoms with Crippen molar-refractivity contribution in [3.05, 3.63) is 58.5 Å². The lowest BCUT2D eigenvalue weighted by molar-refractivity contribution is 0.363. The highest BCUT2D eigenvalue weighted by Gasteiger charge is 2.05. The van der Waals surface area contributed by atoms with Crippen LogP contribution in [-0.4, -0.2) is 35.0 Å². The van der Waals surface area contributed by atoms with E-state index in [0.717, 1.165) is 11.4 Å². The van der Waals surface area contributed by atoms with E-state index in [-0.39, 0.29) is 0 Å². The summed E-state index contributed by atoms with van der Waals surface area (Å²) < 4.78 is 65.7. The molecule has 15 heteroatoms. The smallest absolute Gasteiger partial charge is 0.385 e. The Bertz CT molecular complexity index is 922. The molecular weight excluding hydrogens is 406 g/mol. The van der Waals surface area contributed by atoms with Gasteiger partial charge in [0, 0.05) is 35.6 Å². The minimum Gasteiger partial charge on any atom is -0.726 e. The fourth-order valence-corrected chi connectivity index (χ4v) is 1.39. The van der Waals surface area contributed by atoms with Gasteiger partial charge in [-0.1, -0.05) is 0 Å². The minimum absolute atomic E-state index is 0.505. The van der Waals surface area contributed by atoms with E-state index < -0.39 is 20.8 Å². The highest BCUT2D eigenvalue weighted by molar-refractivity contribution is 7.80. The highest BCUT2D eigenvalue weighted by atomic mass is 32.3. The zero-order chi connectivity index (χ0) is 21.1. The molecule has 0 aliphatic carbocycles. The van der Waals surface area contributed by atoms with Crippen LogP contribution < -0.4 is 5.32 Å². The zero-order valence-electron chi connectivity index (χ0n) is 13.1. The van der Waals surface area contributed by atoms with Crippen LogP contribution in [0.25, 0.3) is 9.95 Å². The van der Waals surface area contributed by atoms with Gasteiger partial charge in [0.05, 0.1) is 0 Å². The fourth-order valence-electron chi connectivity index (χ4n) is 1.39. The Morgan fingerprint density at radius 1 is 0.704 bits per heavy atom. The predicted octanol–water partition coefficient (Wildman–Crippen LogP) is 2.41. The van der Waals surface area contributed by atoms with Crippen LogP contribution >= 0.6 is 0 Å². The van der Waals surface area contributed by atoms with Crippen molar-refractivity contribution < 1.29 is 35.0 Å². The number of anilines is 2. The van der Waals surface area contributed by atoms with Crippen molar-refractivity contribution in [2.75, 3.05) is 5.32 Å². The van der Waals surface area contributed by atoms with Crippen LogP contribution in [0.3, 0.4) is 0 Å². The molecule has 0 saturated carbocycles. The summed E-state index contributed by atoms with van der Waals surface area (Å²) in [6.45, 7) is 0. The Hall–Kier alpha value is -3.18. The van der Waals surface area contributed by atoms with E-state index >= 15 is 0 Å². The van der Waals surface area contributed by atoms with Crippen LogP contribution in [0, 0.1) is 10.8 Å². The summed E-state index contributed by atoms with van der Waals surface area (Å²) in [6, 6.07) is 14.0. The lowest BCUT2D eigenvalue weighted by atomic mass is 10.2. The van der Waals surface area contributed by atoms with Gasteiger partial charge in [-0.15, -0.1) is 0 Å². The molecule has 27 heavy (non-hydrogen) atoms. The van der Waals surface area contributed by atoms with E-state index in [1.54, 1.807) is 48.5 Å². The first-order chi connectivity index (χ1) is 12.3. The molecule has 0 amide bonds. The highest BCUT2D eigenvalue weighted by Crippen LogP contribution is 2.22. The number of diazo groups is 2. The Kier molecular flexibility index (Phi) is 9.47. The lowest BCUT2D eigenvalue weighted by Crippen LogP contribution is -1.90. The normalized spacial score (nSPS) is 10.0. The summed E-state index contributed by atoms with van der Waals surface area (Å²) in [7, 11) is -9.83. The van der Waals surface area contributed by atoms with Crippen LogP contribution in [0.5, 0.6) is 0 Å². The standard InChI is InChI=1S/C12H9N5.2H2O4S/c13-16-11-5-1-9(2-6-11)15-10-3-7-12(17-14)8-4-10;2*1-5(2,3)4/h1-8,15H;2*(H2,1,2,3,4)/q+2;;/p-2. The Morgan fingerprint density at radius 3 is 1.11 bits per heavy atom. The maximum atomic E-state index is 8.63. The molecule has 2 aromatic rings. The molecule has 0 saturated heterocycles. The van der Waals surface area contributed by atoms with E-state index in [4.69, 9.17) is 45.8 Å². The second-order valence-corrected chi connectivity index (χ2v) is 5.99. The molecule has 0 unspecified atom stereocenters. The molecule has 2 rings (SSSR count). The number of hydrogen-bond donors (Lipinski definition) is 3. The molecule has 144 valence electrons. The summed E-state index contributed by atoms with van der Waals surface area (Å²) in [5.74, 6) is 0. The van der Waals surface area contributed by atoms with Crippen molar-refractivity contribution in [1.29, 1.82) is 10.8 Å². The van der Waals surface area contributed by atoms with Crippen molar-refractivity contribution in [3.8, 4) is 0 Å². The van der Waals surface area contributed by atoms with Gasteiger partial charge in [0.2, 0.25) is 31.6 Å². The zero-order valence-corrected chi connectivity index (χ0v) is 14.7. The molecule has 0 fully saturated rings. The molecule has 0 aromatic heterocycles. The molecule has 13 nitrogen and oxygen atoms in total. The number of nitrogens with zero attached hydrogens (tertiary/aromatic N) is 4. The van der Waals surface area contributed by atoms with E-state index in [2.05, 4.69) is 15.3 Å². The SMILES string of the molecule is N#[N+]c1ccc(Nc2ccc([N+]#N)cc2)cc1.O=S(=O)([O-])O.O=S(=O)([O-])O. The van der Waals surface area contributed by atoms with Crippen molar-refractivity contribution in [2.24, 2.45) is 0 Å². The maximum Gasteiger partial charge on any atom is 0.385 e. The quantitative estimate of drug-likeness (QED) is 0.365. The summed E-state index contributed by atoms with van der Waals surface area (Å²) >= 11 is 0. The summed E-state index contributed by atoms with van der Waals surface area (Å²) in [6.07, 6.45) is 0. The van der Waals surface area contributed by atoms with Gasteiger partial charge in [0.15, 0.2) is 9.95 Å². The summed E-state index contributed by atoms with van der Waals surface area (Å²) in [4.78, 5) is 6.15. The monoisotopic (exact) mass is 417 g/mol. The van der Waals surface area contributed by atoms with E-state index in [9.17, 15) is 0 Å². The maximum absolute atomic E-state index is 8.63. The summed E-state index contributed by atoms with van der Waals surface area (Å²) in [5, 5.41) is 20.3. The second-order valence-electron chi connectivity index (χ2n) is 4.27. The first kappa shape index (κ1) is 23.8. The van der Waals surface area contributed by atoms with Crippen LogP contribution in [0.2, 0.25) is 0 Å². The lowest BCUT2D eigenvalue weighted by Gasteiger charge is -2.03. The minimum atomic E-state index is -4.92. The number of nitrogens with one attached hydrogen (secondary N) is 1. The Balaban J connectivity index is 0.000000563. The largest absolute Gasteiger partial charge is 0.726 e. The van der Waals surface area contributed by atoms with Crippen molar-refractivity contribution >= 4 is 43.5 Å². The molecule has 0 radical (unpaired) electrons. The number of hydrogen-bond acceptors (Lipinski definition) is 9. The van der Waals surface area contributed by atoms with Crippen molar-refractivity contribution in [1.82, 2.24) is 0 Å². The van der Waals surface area contributed by atoms with Gasteiger partial charge in [-0.3, -0.25) is 9.11 Å². The average molecular weight is 417 g/mol. The third kappa shape index (κ3) is 16.1. The molecule has 0 bridgehead atoms. The Morgan fingerprint density at radius 2 is 0.926 bits per heavy atom. The van der Waals surface area contributed by atoms with Gasteiger partial charge in [0.25, 0.3) is 0 Å².